The van der Waals surface area contributed by atoms with Crippen LogP contribution in [0.4, 0.5) is 5.69 Å². The van der Waals surface area contributed by atoms with Crippen molar-refractivity contribution in [3.05, 3.63) is 24.3 Å². The molecule has 6 nitrogen and oxygen atoms in total. The van der Waals surface area contributed by atoms with Crippen molar-refractivity contribution in [1.29, 1.82) is 0 Å². The normalized spacial score (nSPS) is 20.9. The third kappa shape index (κ3) is 4.22. The molecule has 2 fully saturated rings. The first-order valence-electron chi connectivity index (χ1n) is 8.17. The van der Waals surface area contributed by atoms with Gasteiger partial charge in [0.2, 0.25) is 5.91 Å². The van der Waals surface area contributed by atoms with E-state index in [1.807, 2.05) is 24.0 Å². The molecule has 3 rings (SSSR count). The van der Waals surface area contributed by atoms with Crippen LogP contribution in [0.25, 0.3) is 0 Å². The van der Waals surface area contributed by atoms with Gasteiger partial charge < -0.3 is 20.3 Å². The molecule has 1 aliphatic carbocycles. The van der Waals surface area contributed by atoms with Gasteiger partial charge in [0.25, 0.3) is 5.91 Å². The molecule has 1 aliphatic heterocycles. The smallest absolute Gasteiger partial charge is 0.260 e. The molecule has 23 heavy (non-hydrogen) atoms. The van der Waals surface area contributed by atoms with Gasteiger partial charge in [-0.05, 0) is 31.9 Å². The molecule has 1 aromatic rings. The maximum absolute atomic E-state index is 12.2. The van der Waals surface area contributed by atoms with E-state index in [9.17, 15) is 9.59 Å². The Morgan fingerprint density at radius 3 is 2.96 bits per heavy atom. The number of anilines is 1. The molecule has 0 radical (unpaired) electrons. The number of hydrogen-bond donors (Lipinski definition) is 2. The van der Waals surface area contributed by atoms with Gasteiger partial charge in [0, 0.05) is 43.3 Å². The van der Waals surface area contributed by atoms with Crippen LogP contribution in [-0.2, 0) is 9.59 Å². The molecule has 2 N–H and O–H groups in total. The van der Waals surface area contributed by atoms with Gasteiger partial charge in [-0.1, -0.05) is 6.07 Å². The molecule has 124 valence electrons. The van der Waals surface area contributed by atoms with Crippen LogP contribution in [0, 0.1) is 5.92 Å². The van der Waals surface area contributed by atoms with E-state index < -0.39 is 0 Å². The van der Waals surface area contributed by atoms with Crippen molar-refractivity contribution in [3.8, 4) is 5.75 Å². The Labute approximate surface area is 136 Å². The standard InChI is InChI=1S/C17H23N3O3/c1-12-10-18-7-8-20(12)16(21)11-23-15-4-2-3-14(9-15)19-17(22)13-5-6-13/h2-4,9,12-13,18H,5-8,10-11H2,1H3,(H,19,22). The zero-order valence-corrected chi connectivity index (χ0v) is 13.4. The number of carbonyl (C=O) groups is 2. The minimum Gasteiger partial charge on any atom is -0.484 e. The molecule has 1 saturated carbocycles. The number of carbonyl (C=O) groups excluding carboxylic acids is 2. The molecule has 6 heteroatoms. The predicted molar refractivity (Wildman–Crippen MR) is 87.3 cm³/mol. The van der Waals surface area contributed by atoms with Crippen molar-refractivity contribution in [1.82, 2.24) is 10.2 Å². The summed E-state index contributed by atoms with van der Waals surface area (Å²) in [6.07, 6.45) is 1.94. The molecule has 1 unspecified atom stereocenters. The molecule has 0 bridgehead atoms. The Bertz CT molecular complexity index is 586. The van der Waals surface area contributed by atoms with E-state index in [1.54, 1.807) is 12.1 Å². The van der Waals surface area contributed by atoms with Crippen LogP contribution in [0.2, 0.25) is 0 Å². The van der Waals surface area contributed by atoms with Gasteiger partial charge in [0.15, 0.2) is 6.61 Å². The quantitative estimate of drug-likeness (QED) is 0.857. The first kappa shape index (κ1) is 15.8. The maximum Gasteiger partial charge on any atom is 0.260 e. The molecule has 1 saturated heterocycles. The summed E-state index contributed by atoms with van der Waals surface area (Å²) in [7, 11) is 0. The van der Waals surface area contributed by atoms with Crippen molar-refractivity contribution in [2.75, 3.05) is 31.6 Å². The Hall–Kier alpha value is -2.08. The highest BCUT2D eigenvalue weighted by Crippen LogP contribution is 2.30. The number of hydrogen-bond acceptors (Lipinski definition) is 4. The number of nitrogens with one attached hydrogen (secondary N) is 2. The lowest BCUT2D eigenvalue weighted by Gasteiger charge is -2.33. The van der Waals surface area contributed by atoms with Crippen LogP contribution in [0.15, 0.2) is 24.3 Å². The molecule has 0 aromatic heterocycles. The monoisotopic (exact) mass is 317 g/mol. The highest BCUT2D eigenvalue weighted by atomic mass is 16.5. The van der Waals surface area contributed by atoms with Crippen LogP contribution in [0.5, 0.6) is 5.75 Å². The highest BCUT2D eigenvalue weighted by Gasteiger charge is 2.29. The van der Waals surface area contributed by atoms with Crippen LogP contribution >= 0.6 is 0 Å². The number of nitrogens with zero attached hydrogens (tertiary/aromatic N) is 1. The van der Waals surface area contributed by atoms with E-state index in [0.717, 1.165) is 25.9 Å². The van der Waals surface area contributed by atoms with E-state index in [-0.39, 0.29) is 30.4 Å². The molecule has 0 spiro atoms. The molecule has 2 amide bonds. The van der Waals surface area contributed by atoms with Crippen LogP contribution < -0.4 is 15.4 Å². The van der Waals surface area contributed by atoms with Crippen molar-refractivity contribution in [3.63, 3.8) is 0 Å². The zero-order valence-electron chi connectivity index (χ0n) is 13.4. The SMILES string of the molecule is CC1CNCCN1C(=O)COc1cccc(NC(=O)C2CC2)c1. The maximum atomic E-state index is 12.2. The van der Waals surface area contributed by atoms with E-state index in [4.69, 9.17) is 4.74 Å². The summed E-state index contributed by atoms with van der Waals surface area (Å²) in [6.45, 7) is 4.39. The van der Waals surface area contributed by atoms with E-state index >= 15 is 0 Å². The highest BCUT2D eigenvalue weighted by molar-refractivity contribution is 5.94. The number of ether oxygens (including phenoxy) is 1. The first-order valence-corrected chi connectivity index (χ1v) is 8.17. The van der Waals surface area contributed by atoms with Crippen molar-refractivity contribution in [2.45, 2.75) is 25.8 Å². The third-order valence-electron chi connectivity index (χ3n) is 4.23. The average molecular weight is 317 g/mol. The molecule has 1 aromatic carbocycles. The predicted octanol–water partition coefficient (Wildman–Crippen LogP) is 1.23. The summed E-state index contributed by atoms with van der Waals surface area (Å²) in [4.78, 5) is 25.9. The molecular formula is C17H23N3O3. The van der Waals surface area contributed by atoms with Gasteiger partial charge in [-0.2, -0.15) is 0 Å². The summed E-state index contributed by atoms with van der Waals surface area (Å²) in [5.41, 5.74) is 0.711. The van der Waals surface area contributed by atoms with Crippen molar-refractivity contribution in [2.24, 2.45) is 5.92 Å². The van der Waals surface area contributed by atoms with E-state index in [0.29, 0.717) is 18.0 Å². The number of rotatable bonds is 5. The lowest BCUT2D eigenvalue weighted by molar-refractivity contribution is -0.136. The fourth-order valence-electron chi connectivity index (χ4n) is 2.69. The Balaban J connectivity index is 1.53. The minimum atomic E-state index is -0.00795. The summed E-state index contributed by atoms with van der Waals surface area (Å²) >= 11 is 0. The number of piperazine rings is 1. The third-order valence-corrected chi connectivity index (χ3v) is 4.23. The van der Waals surface area contributed by atoms with Crippen molar-refractivity contribution < 1.29 is 14.3 Å². The second kappa shape index (κ2) is 7.00. The fourth-order valence-corrected chi connectivity index (χ4v) is 2.69. The van der Waals surface area contributed by atoms with Crippen LogP contribution in [-0.4, -0.2) is 49.0 Å². The zero-order chi connectivity index (χ0) is 16.2. The van der Waals surface area contributed by atoms with E-state index in [2.05, 4.69) is 10.6 Å². The largest absolute Gasteiger partial charge is 0.484 e. The fraction of sp³-hybridized carbons (Fsp3) is 0.529. The Morgan fingerprint density at radius 1 is 1.39 bits per heavy atom. The van der Waals surface area contributed by atoms with Gasteiger partial charge in [0.05, 0.1) is 0 Å². The molecule has 1 atom stereocenters. The first-order chi connectivity index (χ1) is 11.1. The van der Waals surface area contributed by atoms with Gasteiger partial charge in [-0.3, -0.25) is 9.59 Å². The number of benzene rings is 1. The van der Waals surface area contributed by atoms with Crippen LogP contribution in [0.1, 0.15) is 19.8 Å². The molecule has 2 aliphatic rings. The lowest BCUT2D eigenvalue weighted by Crippen LogP contribution is -2.53. The van der Waals surface area contributed by atoms with Gasteiger partial charge >= 0.3 is 0 Å². The van der Waals surface area contributed by atoms with Gasteiger partial charge in [-0.25, -0.2) is 0 Å². The van der Waals surface area contributed by atoms with Crippen molar-refractivity contribution >= 4 is 17.5 Å². The topological polar surface area (TPSA) is 70.7 Å². The Kier molecular flexibility index (Phi) is 4.81. The lowest BCUT2D eigenvalue weighted by atomic mass is 10.2. The Morgan fingerprint density at radius 2 is 2.22 bits per heavy atom. The summed E-state index contributed by atoms with van der Waals surface area (Å²) < 4.78 is 5.60. The summed E-state index contributed by atoms with van der Waals surface area (Å²) in [6, 6.07) is 7.38. The van der Waals surface area contributed by atoms with Gasteiger partial charge in [0.1, 0.15) is 5.75 Å². The van der Waals surface area contributed by atoms with Gasteiger partial charge in [-0.15, -0.1) is 0 Å². The summed E-state index contributed by atoms with van der Waals surface area (Å²) in [5.74, 6) is 0.810. The average Bonchev–Trinajstić information content (AvgIpc) is 3.38. The molecule has 1 heterocycles. The number of amides is 2. The second-order valence-corrected chi connectivity index (χ2v) is 6.22. The van der Waals surface area contributed by atoms with E-state index in [1.165, 1.54) is 0 Å². The molecular weight excluding hydrogens is 294 g/mol. The second-order valence-electron chi connectivity index (χ2n) is 6.22. The summed E-state index contributed by atoms with van der Waals surface area (Å²) in [5, 5.41) is 6.14. The minimum absolute atomic E-state index is 0.00795. The van der Waals surface area contributed by atoms with Crippen LogP contribution in [0.3, 0.4) is 0 Å².